The molecular weight excluding hydrogens is 371 g/mol. The molecule has 0 heterocycles. The minimum Gasteiger partial charge on any atom is -0.323 e. The molecule has 1 N–H and O–H groups in total. The predicted octanol–water partition coefficient (Wildman–Crippen LogP) is 4.95. The Labute approximate surface area is 155 Å². The lowest BCUT2D eigenvalue weighted by Crippen LogP contribution is -2.36. The summed E-state index contributed by atoms with van der Waals surface area (Å²) in [7, 11) is 0. The molecule has 0 saturated carbocycles. The quantitative estimate of drug-likeness (QED) is 0.810. The first-order valence-electron chi connectivity index (χ1n) is 7.07. The number of hydrogen-bond acceptors (Lipinski definition) is 2. The smallest absolute Gasteiger partial charge is 0.244 e. The third kappa shape index (κ3) is 4.63. The lowest BCUT2D eigenvalue weighted by Gasteiger charge is -2.21. The van der Waals surface area contributed by atoms with Crippen LogP contribution in [-0.4, -0.2) is 18.4 Å². The van der Waals surface area contributed by atoms with Crippen molar-refractivity contribution in [3.8, 4) is 0 Å². The Bertz CT molecular complexity index is 793. The molecule has 0 aliphatic carbocycles. The van der Waals surface area contributed by atoms with Crippen LogP contribution in [-0.2, 0) is 9.59 Å². The molecule has 0 aromatic heterocycles. The van der Waals surface area contributed by atoms with Gasteiger partial charge in [-0.05, 0) is 42.8 Å². The van der Waals surface area contributed by atoms with Gasteiger partial charge in [-0.15, -0.1) is 0 Å². The second-order valence-corrected chi connectivity index (χ2v) is 6.46. The summed E-state index contributed by atoms with van der Waals surface area (Å²) >= 11 is 18.0. The van der Waals surface area contributed by atoms with Crippen molar-refractivity contribution in [2.45, 2.75) is 13.8 Å². The van der Waals surface area contributed by atoms with Crippen LogP contribution in [0, 0.1) is 6.92 Å². The van der Waals surface area contributed by atoms with E-state index in [1.807, 2.05) is 6.92 Å². The number of halogens is 3. The number of anilines is 2. The maximum Gasteiger partial charge on any atom is 0.244 e. The van der Waals surface area contributed by atoms with Crippen molar-refractivity contribution in [3.05, 3.63) is 57.0 Å². The zero-order valence-electron chi connectivity index (χ0n) is 13.1. The number of hydrogen-bond donors (Lipinski definition) is 1. The average molecular weight is 386 g/mol. The molecule has 0 atom stereocenters. The van der Waals surface area contributed by atoms with E-state index in [-0.39, 0.29) is 12.5 Å². The summed E-state index contributed by atoms with van der Waals surface area (Å²) in [6.07, 6.45) is 0. The molecule has 7 heteroatoms. The van der Waals surface area contributed by atoms with Crippen LogP contribution in [0.15, 0.2) is 36.4 Å². The highest BCUT2D eigenvalue weighted by molar-refractivity contribution is 6.35. The Hall–Kier alpha value is -1.75. The number of carbonyl (C=O) groups excluding carboxylic acids is 2. The molecule has 2 aromatic rings. The molecule has 126 valence electrons. The highest BCUT2D eigenvalue weighted by Crippen LogP contribution is 2.26. The van der Waals surface area contributed by atoms with Crippen molar-refractivity contribution in [3.63, 3.8) is 0 Å². The summed E-state index contributed by atoms with van der Waals surface area (Å²) in [6, 6.07) is 9.93. The van der Waals surface area contributed by atoms with Gasteiger partial charge in [0.25, 0.3) is 0 Å². The summed E-state index contributed by atoms with van der Waals surface area (Å²) < 4.78 is 0. The van der Waals surface area contributed by atoms with Gasteiger partial charge in [0.05, 0.1) is 10.7 Å². The van der Waals surface area contributed by atoms with Crippen LogP contribution >= 0.6 is 34.8 Å². The topological polar surface area (TPSA) is 49.4 Å². The molecule has 2 amide bonds. The predicted molar refractivity (Wildman–Crippen MR) is 99.3 cm³/mol. The van der Waals surface area contributed by atoms with Crippen LogP contribution in [0.3, 0.4) is 0 Å². The van der Waals surface area contributed by atoms with Gasteiger partial charge < -0.3 is 10.2 Å². The molecule has 0 saturated heterocycles. The minimum absolute atomic E-state index is 0.169. The summed E-state index contributed by atoms with van der Waals surface area (Å²) in [5.41, 5.74) is 1.82. The van der Waals surface area contributed by atoms with Gasteiger partial charge in [-0.25, -0.2) is 0 Å². The SMILES string of the molecule is CC(=O)N(CC(=O)Nc1cc(Cl)ccc1Cl)c1ccc(C)c(Cl)c1. The van der Waals surface area contributed by atoms with E-state index in [0.717, 1.165) is 5.56 Å². The Morgan fingerprint density at radius 2 is 1.75 bits per heavy atom. The third-order valence-electron chi connectivity index (χ3n) is 3.35. The molecule has 0 spiro atoms. The van der Waals surface area contributed by atoms with Gasteiger partial charge in [0.2, 0.25) is 11.8 Å². The normalized spacial score (nSPS) is 10.4. The second kappa shape index (κ2) is 7.88. The van der Waals surface area contributed by atoms with Crippen LogP contribution in [0.4, 0.5) is 11.4 Å². The van der Waals surface area contributed by atoms with Crippen molar-refractivity contribution in [2.24, 2.45) is 0 Å². The molecule has 0 fully saturated rings. The lowest BCUT2D eigenvalue weighted by molar-refractivity contribution is -0.120. The van der Waals surface area contributed by atoms with Gasteiger partial charge in [-0.3, -0.25) is 9.59 Å². The number of benzene rings is 2. The van der Waals surface area contributed by atoms with E-state index in [4.69, 9.17) is 34.8 Å². The zero-order chi connectivity index (χ0) is 17.9. The Kier molecular flexibility index (Phi) is 6.10. The van der Waals surface area contributed by atoms with E-state index in [0.29, 0.717) is 26.4 Å². The fraction of sp³-hybridized carbons (Fsp3) is 0.176. The van der Waals surface area contributed by atoms with Gasteiger partial charge in [-0.2, -0.15) is 0 Å². The number of carbonyl (C=O) groups is 2. The number of nitrogens with zero attached hydrogens (tertiary/aromatic N) is 1. The fourth-order valence-corrected chi connectivity index (χ4v) is 2.57. The summed E-state index contributed by atoms with van der Waals surface area (Å²) in [5.74, 6) is -0.673. The van der Waals surface area contributed by atoms with Crippen LogP contribution in [0.5, 0.6) is 0 Å². The first-order chi connectivity index (χ1) is 11.3. The molecule has 2 aromatic carbocycles. The van der Waals surface area contributed by atoms with Gasteiger partial charge in [0.15, 0.2) is 0 Å². The monoisotopic (exact) mass is 384 g/mol. The molecule has 0 unspecified atom stereocenters. The van der Waals surface area contributed by atoms with E-state index in [1.54, 1.807) is 36.4 Å². The second-order valence-electron chi connectivity index (χ2n) is 5.21. The van der Waals surface area contributed by atoms with Gasteiger partial charge in [0.1, 0.15) is 6.54 Å². The summed E-state index contributed by atoms with van der Waals surface area (Å²) in [6.45, 7) is 3.07. The first kappa shape index (κ1) is 18.6. The van der Waals surface area contributed by atoms with E-state index < -0.39 is 5.91 Å². The molecule has 0 aliphatic rings. The number of aryl methyl sites for hydroxylation is 1. The van der Waals surface area contributed by atoms with Crippen molar-refractivity contribution >= 4 is 58.0 Å². The van der Waals surface area contributed by atoms with E-state index in [1.165, 1.54) is 11.8 Å². The molecular formula is C17H15Cl3N2O2. The van der Waals surface area contributed by atoms with Crippen LogP contribution in [0.25, 0.3) is 0 Å². The van der Waals surface area contributed by atoms with E-state index in [2.05, 4.69) is 5.32 Å². The zero-order valence-corrected chi connectivity index (χ0v) is 15.3. The number of nitrogens with one attached hydrogen (secondary N) is 1. The largest absolute Gasteiger partial charge is 0.323 e. The van der Waals surface area contributed by atoms with E-state index in [9.17, 15) is 9.59 Å². The standard InChI is InChI=1S/C17H15Cl3N2O2/c1-10-3-5-13(8-15(10)20)22(11(2)23)9-17(24)21-16-7-12(18)4-6-14(16)19/h3-8H,9H2,1-2H3,(H,21,24). The Balaban J connectivity index is 2.18. The summed E-state index contributed by atoms with van der Waals surface area (Å²) in [4.78, 5) is 25.5. The van der Waals surface area contributed by atoms with Crippen LogP contribution in [0.2, 0.25) is 15.1 Å². The molecule has 2 rings (SSSR count). The molecule has 0 aliphatic heterocycles. The molecule has 0 bridgehead atoms. The fourth-order valence-electron chi connectivity index (χ4n) is 2.06. The van der Waals surface area contributed by atoms with Crippen molar-refractivity contribution < 1.29 is 9.59 Å². The minimum atomic E-state index is -0.397. The van der Waals surface area contributed by atoms with Crippen molar-refractivity contribution in [1.29, 1.82) is 0 Å². The third-order valence-corrected chi connectivity index (χ3v) is 4.32. The van der Waals surface area contributed by atoms with Gasteiger partial charge >= 0.3 is 0 Å². The van der Waals surface area contributed by atoms with Crippen molar-refractivity contribution in [1.82, 2.24) is 0 Å². The van der Waals surface area contributed by atoms with Gasteiger partial charge in [0, 0.05) is 22.7 Å². The molecule has 4 nitrogen and oxygen atoms in total. The Morgan fingerprint density at radius 3 is 2.38 bits per heavy atom. The number of rotatable bonds is 4. The lowest BCUT2D eigenvalue weighted by atomic mass is 10.2. The van der Waals surface area contributed by atoms with Crippen molar-refractivity contribution in [2.75, 3.05) is 16.8 Å². The maximum atomic E-state index is 12.3. The van der Waals surface area contributed by atoms with E-state index >= 15 is 0 Å². The van der Waals surface area contributed by atoms with Gasteiger partial charge in [-0.1, -0.05) is 40.9 Å². The highest BCUT2D eigenvalue weighted by Gasteiger charge is 2.17. The van der Waals surface area contributed by atoms with Crippen LogP contribution < -0.4 is 10.2 Å². The molecule has 0 radical (unpaired) electrons. The molecule has 24 heavy (non-hydrogen) atoms. The first-order valence-corrected chi connectivity index (χ1v) is 8.20. The highest BCUT2D eigenvalue weighted by atomic mass is 35.5. The Morgan fingerprint density at radius 1 is 1.04 bits per heavy atom. The maximum absolute atomic E-state index is 12.3. The van der Waals surface area contributed by atoms with Crippen LogP contribution in [0.1, 0.15) is 12.5 Å². The summed E-state index contributed by atoms with van der Waals surface area (Å²) in [5, 5.41) is 3.98. The number of amides is 2. The average Bonchev–Trinajstić information content (AvgIpc) is 2.51.